The van der Waals surface area contributed by atoms with Gasteiger partial charge in [-0.1, -0.05) is 24.9 Å². The number of nitrogens with two attached hydrogens (primary N) is 1. The Morgan fingerprint density at radius 1 is 1.65 bits per heavy atom. The molecule has 0 fully saturated rings. The minimum atomic E-state index is -0.401. The van der Waals surface area contributed by atoms with Gasteiger partial charge in [-0.3, -0.25) is 9.80 Å². The molecule has 0 unspecified atom stereocenters. The molecule has 0 aromatic heterocycles. The van der Waals surface area contributed by atoms with Crippen molar-refractivity contribution in [1.82, 2.24) is 10.3 Å². The highest BCUT2D eigenvalue weighted by Gasteiger charge is 2.15. The number of nitrogens with one attached hydrogen (secondary N) is 1. The molecule has 0 aromatic rings. The number of hydrogen-bond acceptors (Lipinski definition) is 5. The summed E-state index contributed by atoms with van der Waals surface area (Å²) < 4.78 is 4.79. The monoisotopic (exact) mass is 257 g/mol. The van der Waals surface area contributed by atoms with Crippen molar-refractivity contribution in [2.24, 2.45) is 5.84 Å². The fourth-order valence-corrected chi connectivity index (χ4v) is 1.39. The number of allylic oxidation sites excluding steroid dienone is 1. The van der Waals surface area contributed by atoms with Crippen LogP contribution in [0.3, 0.4) is 0 Å². The summed E-state index contributed by atoms with van der Waals surface area (Å²) in [5, 5.41) is 4.05. The van der Waals surface area contributed by atoms with Gasteiger partial charge in [0.05, 0.1) is 12.3 Å². The molecule has 0 saturated heterocycles. The maximum absolute atomic E-state index is 11.3. The van der Waals surface area contributed by atoms with E-state index in [9.17, 15) is 4.79 Å². The summed E-state index contributed by atoms with van der Waals surface area (Å²) in [6.45, 7) is 7.63. The van der Waals surface area contributed by atoms with Crippen molar-refractivity contribution < 1.29 is 9.53 Å². The number of thiocarbonyl (C=S) groups is 1. The first-order valence-electron chi connectivity index (χ1n) is 5.23. The zero-order valence-corrected chi connectivity index (χ0v) is 11.3. The summed E-state index contributed by atoms with van der Waals surface area (Å²) in [6.07, 6.45) is 1.78. The number of nitrogens with zero attached hydrogens (tertiary/aromatic N) is 1. The fraction of sp³-hybridized carbons (Fsp3) is 0.455. The predicted octanol–water partition coefficient (Wildman–Crippen LogP) is 0.732. The summed E-state index contributed by atoms with van der Waals surface area (Å²) in [4.78, 5) is 11.8. The maximum Gasteiger partial charge on any atom is 0.327 e. The van der Waals surface area contributed by atoms with E-state index in [1.165, 1.54) is 5.01 Å². The molecule has 0 aliphatic rings. The van der Waals surface area contributed by atoms with Crippen LogP contribution >= 0.6 is 12.2 Å². The van der Waals surface area contributed by atoms with Gasteiger partial charge in [0.1, 0.15) is 11.5 Å². The Kier molecular flexibility index (Phi) is 7.16. The lowest BCUT2D eigenvalue weighted by Crippen LogP contribution is -2.38. The maximum atomic E-state index is 11.3. The predicted molar refractivity (Wildman–Crippen MR) is 72.1 cm³/mol. The molecule has 0 aliphatic carbocycles. The number of likely N-dealkylation sites (N-methyl/N-ethyl adjacent to an activating group) is 1. The standard InChI is InChI=1S/C11H19N3O2S/c1-5-9(11(17)13-4)8(3)14(12)7-10(15)16-6-2/h5H,3,6-7,12H2,1-2,4H3,(H,13,17)/b9-5-. The van der Waals surface area contributed by atoms with E-state index in [1.54, 1.807) is 20.0 Å². The van der Waals surface area contributed by atoms with E-state index in [1.807, 2.05) is 6.92 Å². The molecule has 0 atom stereocenters. The Balaban J connectivity index is 4.58. The second-order valence-electron chi connectivity index (χ2n) is 3.16. The highest BCUT2D eigenvalue weighted by atomic mass is 32.1. The van der Waals surface area contributed by atoms with Gasteiger partial charge in [0, 0.05) is 12.6 Å². The molecular formula is C11H19N3O2S. The third-order valence-corrected chi connectivity index (χ3v) is 2.45. The molecule has 96 valence electrons. The van der Waals surface area contributed by atoms with Gasteiger partial charge in [0.2, 0.25) is 0 Å². The first-order chi connectivity index (χ1) is 7.97. The highest BCUT2D eigenvalue weighted by molar-refractivity contribution is 7.80. The zero-order chi connectivity index (χ0) is 13.4. The van der Waals surface area contributed by atoms with Gasteiger partial charge < -0.3 is 10.1 Å². The molecule has 0 aliphatic heterocycles. The van der Waals surface area contributed by atoms with Crippen molar-refractivity contribution in [3.63, 3.8) is 0 Å². The normalized spacial score (nSPS) is 10.7. The molecule has 0 spiro atoms. The lowest BCUT2D eigenvalue weighted by molar-refractivity contribution is -0.143. The van der Waals surface area contributed by atoms with E-state index in [2.05, 4.69) is 11.9 Å². The Bertz CT molecular complexity index is 340. The van der Waals surface area contributed by atoms with Crippen molar-refractivity contribution in [2.45, 2.75) is 13.8 Å². The fourth-order valence-electron chi connectivity index (χ4n) is 1.16. The molecule has 3 N–H and O–H groups in total. The Hall–Kier alpha value is -1.40. The van der Waals surface area contributed by atoms with Crippen LogP contribution in [0.4, 0.5) is 0 Å². The number of esters is 1. The third kappa shape index (κ3) is 4.97. The second-order valence-corrected chi connectivity index (χ2v) is 3.57. The van der Waals surface area contributed by atoms with Crippen molar-refractivity contribution in [3.8, 4) is 0 Å². The molecule has 5 nitrogen and oxygen atoms in total. The zero-order valence-electron chi connectivity index (χ0n) is 10.4. The van der Waals surface area contributed by atoms with Crippen molar-refractivity contribution >= 4 is 23.2 Å². The first kappa shape index (κ1) is 15.6. The molecule has 0 rings (SSSR count). The average Bonchev–Trinajstić information content (AvgIpc) is 2.29. The van der Waals surface area contributed by atoms with Crippen molar-refractivity contribution in [3.05, 3.63) is 23.9 Å². The van der Waals surface area contributed by atoms with Gasteiger partial charge in [-0.2, -0.15) is 0 Å². The first-order valence-corrected chi connectivity index (χ1v) is 5.64. The summed E-state index contributed by atoms with van der Waals surface area (Å²) in [6, 6.07) is 0. The molecule has 0 bridgehead atoms. The minimum Gasteiger partial charge on any atom is -0.465 e. The SMILES string of the molecule is C=C(/C(=C/C)C(=S)NC)N(N)CC(=O)OCC. The van der Waals surface area contributed by atoms with E-state index in [0.29, 0.717) is 22.9 Å². The van der Waals surface area contributed by atoms with Gasteiger partial charge in [0.15, 0.2) is 0 Å². The van der Waals surface area contributed by atoms with Crippen LogP contribution in [-0.2, 0) is 9.53 Å². The van der Waals surface area contributed by atoms with Crippen LogP contribution in [0.25, 0.3) is 0 Å². The summed E-state index contributed by atoms with van der Waals surface area (Å²) >= 11 is 5.10. The quantitative estimate of drug-likeness (QED) is 0.183. The van der Waals surface area contributed by atoms with E-state index in [4.69, 9.17) is 22.8 Å². The molecule has 0 heterocycles. The van der Waals surface area contributed by atoms with Gasteiger partial charge >= 0.3 is 5.97 Å². The van der Waals surface area contributed by atoms with Crippen LogP contribution in [0.2, 0.25) is 0 Å². The third-order valence-electron chi connectivity index (χ3n) is 2.02. The van der Waals surface area contributed by atoms with Gasteiger partial charge in [-0.15, -0.1) is 0 Å². The van der Waals surface area contributed by atoms with Gasteiger partial charge in [-0.25, -0.2) is 5.84 Å². The number of ether oxygens (including phenoxy) is 1. The summed E-state index contributed by atoms with van der Waals surface area (Å²) in [5.74, 6) is 5.32. The van der Waals surface area contributed by atoms with Gasteiger partial charge in [-0.05, 0) is 13.8 Å². The van der Waals surface area contributed by atoms with E-state index in [-0.39, 0.29) is 6.54 Å². The van der Waals surface area contributed by atoms with Crippen molar-refractivity contribution in [2.75, 3.05) is 20.2 Å². The van der Waals surface area contributed by atoms with Crippen LogP contribution < -0.4 is 11.2 Å². The Morgan fingerprint density at radius 3 is 2.65 bits per heavy atom. The molecule has 6 heteroatoms. The molecule has 0 aromatic carbocycles. The molecule has 0 radical (unpaired) electrons. The topological polar surface area (TPSA) is 67.6 Å². The van der Waals surface area contributed by atoms with Crippen LogP contribution in [0.15, 0.2) is 23.9 Å². The average molecular weight is 257 g/mol. The Morgan fingerprint density at radius 2 is 2.24 bits per heavy atom. The largest absolute Gasteiger partial charge is 0.465 e. The van der Waals surface area contributed by atoms with E-state index >= 15 is 0 Å². The Labute approximate surface area is 107 Å². The smallest absolute Gasteiger partial charge is 0.327 e. The molecule has 0 amide bonds. The lowest BCUT2D eigenvalue weighted by Gasteiger charge is -2.22. The minimum absolute atomic E-state index is 0.0592. The molecule has 17 heavy (non-hydrogen) atoms. The van der Waals surface area contributed by atoms with Crippen LogP contribution in [0, 0.1) is 0 Å². The van der Waals surface area contributed by atoms with Crippen LogP contribution in [0.5, 0.6) is 0 Å². The number of hydrazine groups is 1. The number of carbonyl (C=O) groups excluding carboxylic acids is 1. The van der Waals surface area contributed by atoms with Gasteiger partial charge in [0.25, 0.3) is 0 Å². The number of hydrogen-bond donors (Lipinski definition) is 2. The van der Waals surface area contributed by atoms with Crippen LogP contribution in [0.1, 0.15) is 13.8 Å². The molecule has 0 saturated carbocycles. The molecular weight excluding hydrogens is 238 g/mol. The van der Waals surface area contributed by atoms with Crippen LogP contribution in [-0.4, -0.2) is 36.2 Å². The summed E-state index contributed by atoms with van der Waals surface area (Å²) in [5.41, 5.74) is 1.16. The van der Waals surface area contributed by atoms with E-state index in [0.717, 1.165) is 0 Å². The second kappa shape index (κ2) is 7.81. The van der Waals surface area contributed by atoms with E-state index < -0.39 is 5.97 Å². The summed E-state index contributed by atoms with van der Waals surface area (Å²) in [7, 11) is 1.71. The lowest BCUT2D eigenvalue weighted by atomic mass is 10.2. The highest BCUT2D eigenvalue weighted by Crippen LogP contribution is 2.11. The number of carbonyl (C=O) groups is 1. The number of rotatable bonds is 6. The van der Waals surface area contributed by atoms with Crippen molar-refractivity contribution in [1.29, 1.82) is 0 Å².